The first-order valence-electron chi connectivity index (χ1n) is 12.3. The summed E-state index contributed by atoms with van der Waals surface area (Å²) in [7, 11) is 5.00. The van der Waals surface area contributed by atoms with Crippen LogP contribution in [0.4, 0.5) is 0 Å². The van der Waals surface area contributed by atoms with Crippen molar-refractivity contribution < 1.29 is 23.7 Å². The summed E-state index contributed by atoms with van der Waals surface area (Å²) in [6.07, 6.45) is 1.50. The van der Waals surface area contributed by atoms with Crippen molar-refractivity contribution in [2.75, 3.05) is 27.9 Å². The van der Waals surface area contributed by atoms with Gasteiger partial charge in [0.15, 0.2) is 0 Å². The lowest BCUT2D eigenvalue weighted by Gasteiger charge is -2.26. The number of hydrogen-bond donors (Lipinski definition) is 1. The first-order chi connectivity index (χ1) is 17.7. The highest BCUT2D eigenvalue weighted by Crippen LogP contribution is 2.35. The average Bonchev–Trinajstić information content (AvgIpc) is 2.86. The lowest BCUT2D eigenvalue weighted by atomic mass is 9.92. The molecule has 1 N–H and O–H groups in total. The number of nitrogens with one attached hydrogen (secondary N) is 1. The van der Waals surface area contributed by atoms with E-state index in [1.165, 1.54) is 6.08 Å². The zero-order valence-electron chi connectivity index (χ0n) is 23.0. The van der Waals surface area contributed by atoms with Gasteiger partial charge < -0.3 is 24.3 Å². The van der Waals surface area contributed by atoms with Crippen LogP contribution in [0.5, 0.6) is 17.2 Å². The van der Waals surface area contributed by atoms with Crippen molar-refractivity contribution in [1.29, 1.82) is 0 Å². The number of rotatable bonds is 10. The molecule has 6 nitrogen and oxygen atoms in total. The fourth-order valence-electron chi connectivity index (χ4n) is 4.74. The Morgan fingerprint density at radius 1 is 0.784 bits per heavy atom. The summed E-state index contributed by atoms with van der Waals surface area (Å²) in [5.41, 5.74) is 7.70. The Kier molecular flexibility index (Phi) is 9.23. The van der Waals surface area contributed by atoms with Gasteiger partial charge in [-0.2, -0.15) is 0 Å². The molecule has 3 aromatic carbocycles. The van der Waals surface area contributed by atoms with Gasteiger partial charge in [0.1, 0.15) is 17.2 Å². The number of ether oxygens (including phenoxy) is 4. The molecule has 0 saturated heterocycles. The van der Waals surface area contributed by atoms with Crippen molar-refractivity contribution in [3.05, 3.63) is 93.6 Å². The number of hydrogen-bond acceptors (Lipinski definition) is 6. The van der Waals surface area contributed by atoms with Crippen molar-refractivity contribution in [3.8, 4) is 17.2 Å². The number of carbonyl (C=O) groups excluding carboxylic acids is 1. The maximum atomic E-state index is 12.6. The molecule has 0 aliphatic carbocycles. The fraction of sp³-hybridized carbons (Fsp3) is 0.323. The minimum absolute atomic E-state index is 0.269. The van der Waals surface area contributed by atoms with E-state index in [4.69, 9.17) is 18.9 Å². The molecule has 0 aromatic heterocycles. The topological polar surface area (TPSA) is 66.0 Å². The molecule has 0 radical (unpaired) electrons. The maximum absolute atomic E-state index is 12.6. The summed E-state index contributed by atoms with van der Waals surface area (Å²) in [6, 6.07) is 15.8. The zero-order valence-corrected chi connectivity index (χ0v) is 23.0. The van der Waals surface area contributed by atoms with Crippen LogP contribution in [-0.2, 0) is 9.53 Å². The SMILES string of the molecule is CCOC(=O)/C=C(/NC(c1cc(C)c(OC)c(C)c1)c1cc(C)c(OC)c(C)c1)c1ccc(OC)cc1. The van der Waals surface area contributed by atoms with Crippen LogP contribution >= 0.6 is 0 Å². The third-order valence-corrected chi connectivity index (χ3v) is 6.29. The van der Waals surface area contributed by atoms with E-state index in [1.807, 2.05) is 52.0 Å². The molecule has 0 spiro atoms. The molecule has 37 heavy (non-hydrogen) atoms. The van der Waals surface area contributed by atoms with Gasteiger partial charge in [-0.3, -0.25) is 0 Å². The van der Waals surface area contributed by atoms with E-state index in [2.05, 4.69) is 29.6 Å². The maximum Gasteiger partial charge on any atom is 0.332 e. The quantitative estimate of drug-likeness (QED) is 0.261. The first kappa shape index (κ1) is 27.7. The van der Waals surface area contributed by atoms with Crippen molar-refractivity contribution in [2.45, 2.75) is 40.7 Å². The normalized spacial score (nSPS) is 11.3. The van der Waals surface area contributed by atoms with Gasteiger partial charge in [-0.05, 0) is 122 Å². The van der Waals surface area contributed by atoms with E-state index in [9.17, 15) is 4.79 Å². The van der Waals surface area contributed by atoms with Crippen LogP contribution in [-0.4, -0.2) is 33.9 Å². The number of esters is 1. The summed E-state index contributed by atoms with van der Waals surface area (Å²) in [6.45, 7) is 10.2. The van der Waals surface area contributed by atoms with Crippen LogP contribution in [0.2, 0.25) is 0 Å². The summed E-state index contributed by atoms with van der Waals surface area (Å²) in [4.78, 5) is 12.6. The molecule has 196 valence electrons. The Hall–Kier alpha value is -3.93. The van der Waals surface area contributed by atoms with Gasteiger partial charge in [-0.25, -0.2) is 4.79 Å². The molecule has 0 heterocycles. The van der Waals surface area contributed by atoms with Crippen molar-refractivity contribution in [3.63, 3.8) is 0 Å². The molecule has 0 aliphatic rings. The Balaban J connectivity index is 2.20. The molecular weight excluding hydrogens is 466 g/mol. The second kappa shape index (κ2) is 12.3. The predicted octanol–water partition coefficient (Wildman–Crippen LogP) is 6.23. The molecule has 0 aliphatic heterocycles. The predicted molar refractivity (Wildman–Crippen MR) is 148 cm³/mol. The molecule has 0 fully saturated rings. The van der Waals surface area contributed by atoms with Crippen LogP contribution < -0.4 is 19.5 Å². The molecule has 0 amide bonds. The molecule has 0 atom stereocenters. The summed E-state index contributed by atoms with van der Waals surface area (Å²) in [5.74, 6) is 2.05. The lowest BCUT2D eigenvalue weighted by molar-refractivity contribution is -0.137. The molecule has 0 saturated carbocycles. The summed E-state index contributed by atoms with van der Waals surface area (Å²) in [5, 5.41) is 3.65. The Bertz CT molecular complexity index is 1170. The van der Waals surface area contributed by atoms with E-state index < -0.39 is 5.97 Å². The molecule has 3 aromatic rings. The van der Waals surface area contributed by atoms with Gasteiger partial charge in [-0.15, -0.1) is 0 Å². The molecule has 0 bridgehead atoms. The van der Waals surface area contributed by atoms with Gasteiger partial charge >= 0.3 is 5.97 Å². The Labute approximate surface area is 220 Å². The largest absolute Gasteiger partial charge is 0.497 e. The average molecular weight is 504 g/mol. The Morgan fingerprint density at radius 2 is 1.24 bits per heavy atom. The molecule has 3 rings (SSSR count). The van der Waals surface area contributed by atoms with Crippen molar-refractivity contribution >= 4 is 11.7 Å². The highest BCUT2D eigenvalue weighted by molar-refractivity contribution is 5.91. The highest BCUT2D eigenvalue weighted by Gasteiger charge is 2.21. The fourth-order valence-corrected chi connectivity index (χ4v) is 4.74. The van der Waals surface area contributed by atoms with Crippen LogP contribution in [0.1, 0.15) is 51.9 Å². The molecular formula is C31H37NO5. The summed E-state index contributed by atoms with van der Waals surface area (Å²) >= 11 is 0. The summed E-state index contributed by atoms with van der Waals surface area (Å²) < 4.78 is 21.8. The second-order valence-corrected chi connectivity index (χ2v) is 8.99. The minimum atomic E-state index is -0.413. The van der Waals surface area contributed by atoms with Gasteiger partial charge in [0.05, 0.1) is 34.0 Å². The smallest absolute Gasteiger partial charge is 0.332 e. The van der Waals surface area contributed by atoms with Crippen LogP contribution in [0, 0.1) is 27.7 Å². The number of benzene rings is 3. The lowest BCUT2D eigenvalue weighted by Crippen LogP contribution is -2.23. The number of methoxy groups -OCH3 is 3. The van der Waals surface area contributed by atoms with Gasteiger partial charge in [0.2, 0.25) is 0 Å². The van der Waals surface area contributed by atoms with Gasteiger partial charge in [-0.1, -0.05) is 0 Å². The van der Waals surface area contributed by atoms with E-state index in [0.29, 0.717) is 12.3 Å². The zero-order chi connectivity index (χ0) is 27.1. The van der Waals surface area contributed by atoms with Crippen LogP contribution in [0.25, 0.3) is 5.70 Å². The number of aryl methyl sites for hydroxylation is 4. The van der Waals surface area contributed by atoms with Crippen molar-refractivity contribution in [2.24, 2.45) is 0 Å². The van der Waals surface area contributed by atoms with E-state index in [-0.39, 0.29) is 6.04 Å². The molecule has 0 unspecified atom stereocenters. The standard InChI is InChI=1S/C31H37NO5/c1-9-37-28(33)18-27(23-10-12-26(34-6)13-11-23)32-29(24-14-19(2)30(35-7)20(3)15-24)25-16-21(4)31(36-8)22(5)17-25/h10-18,29,32H,9H2,1-8H3/b27-18+. The van der Waals surface area contributed by atoms with E-state index in [1.54, 1.807) is 28.3 Å². The van der Waals surface area contributed by atoms with Crippen molar-refractivity contribution in [1.82, 2.24) is 5.32 Å². The van der Waals surface area contributed by atoms with E-state index in [0.717, 1.165) is 56.2 Å². The monoisotopic (exact) mass is 503 g/mol. The van der Waals surface area contributed by atoms with Gasteiger partial charge in [0.25, 0.3) is 0 Å². The van der Waals surface area contributed by atoms with Crippen LogP contribution in [0.3, 0.4) is 0 Å². The van der Waals surface area contributed by atoms with Crippen LogP contribution in [0.15, 0.2) is 54.6 Å². The molecule has 6 heteroatoms. The number of carbonyl (C=O) groups is 1. The third kappa shape index (κ3) is 6.45. The highest BCUT2D eigenvalue weighted by atomic mass is 16.5. The Morgan fingerprint density at radius 3 is 1.62 bits per heavy atom. The minimum Gasteiger partial charge on any atom is -0.497 e. The van der Waals surface area contributed by atoms with Gasteiger partial charge in [0, 0.05) is 11.8 Å². The second-order valence-electron chi connectivity index (χ2n) is 8.99. The third-order valence-electron chi connectivity index (χ3n) is 6.29. The van der Waals surface area contributed by atoms with E-state index >= 15 is 0 Å². The first-order valence-corrected chi connectivity index (χ1v) is 12.3.